The summed E-state index contributed by atoms with van der Waals surface area (Å²) >= 11 is 0. The minimum absolute atomic E-state index is 0.0483. The number of nitrogens with zero attached hydrogens (tertiary/aromatic N) is 2. The molecule has 1 saturated carbocycles. The Morgan fingerprint density at radius 2 is 1.48 bits per heavy atom. The van der Waals surface area contributed by atoms with Gasteiger partial charge in [-0.05, 0) is 18.9 Å². The molecule has 0 unspecified atom stereocenters. The average Bonchev–Trinajstić information content (AvgIpc) is 2.64. The zero-order chi connectivity index (χ0) is 15.6. The highest BCUT2D eigenvalue weighted by Crippen LogP contribution is 2.29. The normalized spacial score (nSPS) is 15.8. The van der Waals surface area contributed by atoms with Gasteiger partial charge >= 0.3 is 0 Å². The fourth-order valence-electron chi connectivity index (χ4n) is 3.59. The summed E-state index contributed by atoms with van der Waals surface area (Å²) in [4.78, 5) is 12.9. The highest BCUT2D eigenvalue weighted by Gasteiger charge is 2.20. The van der Waals surface area contributed by atoms with Gasteiger partial charge in [-0.15, -0.1) is 0 Å². The maximum absolute atomic E-state index is 12.9. The van der Waals surface area contributed by atoms with Crippen LogP contribution < -0.4 is 5.56 Å². The maximum atomic E-state index is 12.9. The van der Waals surface area contributed by atoms with Crippen molar-refractivity contribution in [3.63, 3.8) is 0 Å². The molecular formula is C20H20N2O. The quantitative estimate of drug-likeness (QED) is 0.695. The van der Waals surface area contributed by atoms with Gasteiger partial charge in [0.25, 0.3) is 5.56 Å². The van der Waals surface area contributed by atoms with E-state index in [0.29, 0.717) is 0 Å². The lowest BCUT2D eigenvalue weighted by Crippen LogP contribution is -2.29. The van der Waals surface area contributed by atoms with Gasteiger partial charge in [0.2, 0.25) is 0 Å². The molecule has 0 radical (unpaired) electrons. The van der Waals surface area contributed by atoms with Crippen LogP contribution in [0.1, 0.15) is 38.1 Å². The Morgan fingerprint density at radius 3 is 2.22 bits per heavy atom. The molecule has 3 heteroatoms. The molecule has 4 rings (SSSR count). The fraction of sp³-hybridized carbons (Fsp3) is 0.300. The Balaban J connectivity index is 1.98. The van der Waals surface area contributed by atoms with Crippen molar-refractivity contribution in [2.45, 2.75) is 38.1 Å². The topological polar surface area (TPSA) is 34.9 Å². The molecule has 3 nitrogen and oxygen atoms in total. The third kappa shape index (κ3) is 2.56. The lowest BCUT2D eigenvalue weighted by atomic mass is 9.95. The van der Waals surface area contributed by atoms with Crippen LogP contribution in [0, 0.1) is 0 Å². The Labute approximate surface area is 135 Å². The molecule has 2 aromatic carbocycles. The molecule has 0 amide bonds. The van der Waals surface area contributed by atoms with E-state index in [4.69, 9.17) is 5.10 Å². The molecule has 0 saturated heterocycles. The van der Waals surface area contributed by atoms with Crippen molar-refractivity contribution in [3.05, 3.63) is 65.0 Å². The van der Waals surface area contributed by atoms with Crippen LogP contribution in [0.5, 0.6) is 0 Å². The Bertz CT molecular complexity index is 877. The lowest BCUT2D eigenvalue weighted by Gasteiger charge is -2.24. The van der Waals surface area contributed by atoms with E-state index < -0.39 is 0 Å². The molecule has 116 valence electrons. The molecule has 1 fully saturated rings. The minimum Gasteiger partial charge on any atom is -0.267 e. The van der Waals surface area contributed by atoms with Crippen molar-refractivity contribution in [2.75, 3.05) is 0 Å². The van der Waals surface area contributed by atoms with Crippen LogP contribution in [0.3, 0.4) is 0 Å². The fourth-order valence-corrected chi connectivity index (χ4v) is 3.59. The van der Waals surface area contributed by atoms with Gasteiger partial charge in [-0.1, -0.05) is 67.8 Å². The monoisotopic (exact) mass is 304 g/mol. The molecule has 0 atom stereocenters. The van der Waals surface area contributed by atoms with Crippen LogP contribution in [0.4, 0.5) is 0 Å². The number of rotatable bonds is 2. The predicted molar refractivity (Wildman–Crippen MR) is 93.6 cm³/mol. The molecule has 0 bridgehead atoms. The molecule has 23 heavy (non-hydrogen) atoms. The van der Waals surface area contributed by atoms with E-state index in [1.807, 2.05) is 42.5 Å². The largest absolute Gasteiger partial charge is 0.274 e. The first kappa shape index (κ1) is 14.2. The van der Waals surface area contributed by atoms with E-state index in [1.165, 1.54) is 19.3 Å². The molecule has 1 aromatic heterocycles. The van der Waals surface area contributed by atoms with Crippen molar-refractivity contribution in [1.82, 2.24) is 9.78 Å². The smallest absolute Gasteiger partial charge is 0.267 e. The number of aromatic nitrogens is 2. The Hall–Kier alpha value is -2.42. The molecule has 0 N–H and O–H groups in total. The lowest BCUT2D eigenvalue weighted by molar-refractivity contribution is 0.321. The van der Waals surface area contributed by atoms with Crippen LogP contribution in [0.2, 0.25) is 0 Å². The van der Waals surface area contributed by atoms with Gasteiger partial charge in [-0.25, -0.2) is 4.68 Å². The van der Waals surface area contributed by atoms with Crippen LogP contribution in [-0.4, -0.2) is 9.78 Å². The number of benzene rings is 2. The Kier molecular flexibility index (Phi) is 3.70. The van der Waals surface area contributed by atoms with Crippen LogP contribution in [0.25, 0.3) is 22.0 Å². The van der Waals surface area contributed by atoms with Gasteiger partial charge in [0.1, 0.15) is 0 Å². The van der Waals surface area contributed by atoms with Crippen molar-refractivity contribution >= 4 is 10.8 Å². The van der Waals surface area contributed by atoms with Gasteiger partial charge < -0.3 is 0 Å². The first-order valence-electron chi connectivity index (χ1n) is 8.41. The third-order valence-electron chi connectivity index (χ3n) is 4.80. The minimum atomic E-state index is 0.0483. The van der Waals surface area contributed by atoms with E-state index in [0.717, 1.165) is 34.9 Å². The van der Waals surface area contributed by atoms with E-state index in [2.05, 4.69) is 12.1 Å². The second-order valence-electron chi connectivity index (χ2n) is 6.30. The predicted octanol–water partition coefficient (Wildman–Crippen LogP) is 4.57. The zero-order valence-corrected chi connectivity index (χ0v) is 13.1. The number of hydrogen-bond acceptors (Lipinski definition) is 2. The summed E-state index contributed by atoms with van der Waals surface area (Å²) < 4.78 is 1.75. The summed E-state index contributed by atoms with van der Waals surface area (Å²) in [5, 5.41) is 6.51. The molecule has 0 spiro atoms. The first-order valence-corrected chi connectivity index (χ1v) is 8.41. The van der Waals surface area contributed by atoms with Gasteiger partial charge in [-0.2, -0.15) is 5.10 Å². The van der Waals surface area contributed by atoms with Crippen molar-refractivity contribution in [1.29, 1.82) is 0 Å². The van der Waals surface area contributed by atoms with E-state index in [-0.39, 0.29) is 11.6 Å². The zero-order valence-electron chi connectivity index (χ0n) is 13.1. The average molecular weight is 304 g/mol. The van der Waals surface area contributed by atoms with Crippen molar-refractivity contribution in [2.24, 2.45) is 0 Å². The highest BCUT2D eigenvalue weighted by atomic mass is 16.1. The van der Waals surface area contributed by atoms with Crippen molar-refractivity contribution in [3.8, 4) is 11.3 Å². The van der Waals surface area contributed by atoms with E-state index in [9.17, 15) is 4.79 Å². The maximum Gasteiger partial charge on any atom is 0.274 e. The van der Waals surface area contributed by atoms with Gasteiger partial charge in [0, 0.05) is 10.9 Å². The number of fused-ring (bicyclic) bond motifs is 1. The van der Waals surface area contributed by atoms with Gasteiger partial charge in [0.15, 0.2) is 0 Å². The van der Waals surface area contributed by atoms with Crippen LogP contribution >= 0.6 is 0 Å². The summed E-state index contributed by atoms with van der Waals surface area (Å²) in [6.45, 7) is 0. The highest BCUT2D eigenvalue weighted by molar-refractivity contribution is 5.93. The molecule has 1 heterocycles. The van der Waals surface area contributed by atoms with E-state index >= 15 is 0 Å². The third-order valence-corrected chi connectivity index (χ3v) is 4.80. The summed E-state index contributed by atoms with van der Waals surface area (Å²) in [6, 6.07) is 18.2. The van der Waals surface area contributed by atoms with Gasteiger partial charge in [0.05, 0.1) is 17.1 Å². The Morgan fingerprint density at radius 1 is 0.826 bits per heavy atom. The summed E-state index contributed by atoms with van der Waals surface area (Å²) in [7, 11) is 0. The number of hydrogen-bond donors (Lipinski definition) is 0. The van der Waals surface area contributed by atoms with Crippen LogP contribution in [-0.2, 0) is 0 Å². The SMILES string of the molecule is O=c1c2ccccc2c(-c2ccccc2)nn1C1CCCCC1. The molecule has 0 aliphatic heterocycles. The summed E-state index contributed by atoms with van der Waals surface area (Å²) in [5.41, 5.74) is 2.02. The van der Waals surface area contributed by atoms with Gasteiger partial charge in [-0.3, -0.25) is 4.79 Å². The summed E-state index contributed by atoms with van der Waals surface area (Å²) in [6.07, 6.45) is 5.75. The molecule has 1 aliphatic carbocycles. The summed E-state index contributed by atoms with van der Waals surface area (Å²) in [5.74, 6) is 0. The molecular weight excluding hydrogens is 284 g/mol. The molecule has 3 aromatic rings. The first-order chi connectivity index (χ1) is 11.3. The van der Waals surface area contributed by atoms with Crippen molar-refractivity contribution < 1.29 is 0 Å². The second kappa shape index (κ2) is 5.99. The van der Waals surface area contributed by atoms with Crippen LogP contribution in [0.15, 0.2) is 59.4 Å². The van der Waals surface area contributed by atoms with E-state index in [1.54, 1.807) is 4.68 Å². The standard InChI is InChI=1S/C20H20N2O/c23-20-18-14-8-7-13-17(18)19(15-9-3-1-4-10-15)21-22(20)16-11-5-2-6-12-16/h1,3-4,7-10,13-14,16H,2,5-6,11-12H2. The second-order valence-corrected chi connectivity index (χ2v) is 6.30. The molecule has 1 aliphatic rings.